The summed E-state index contributed by atoms with van der Waals surface area (Å²) in [4.78, 5) is 17.8. The summed E-state index contributed by atoms with van der Waals surface area (Å²) in [6.45, 7) is 1.57. The molecule has 1 heterocycles. The minimum atomic E-state index is -0.300. The van der Waals surface area contributed by atoms with Crippen molar-refractivity contribution in [3.8, 4) is 0 Å². The van der Waals surface area contributed by atoms with E-state index in [0.29, 0.717) is 5.56 Å². The van der Waals surface area contributed by atoms with E-state index in [1.807, 2.05) is 31.4 Å². The molecule has 0 saturated carbocycles. The summed E-state index contributed by atoms with van der Waals surface area (Å²) in [5.74, 6) is 4.83. The zero-order valence-corrected chi connectivity index (χ0v) is 13.3. The van der Waals surface area contributed by atoms with Crippen LogP contribution < -0.4 is 11.3 Å². The van der Waals surface area contributed by atoms with Gasteiger partial charge in [0.1, 0.15) is 0 Å². The van der Waals surface area contributed by atoms with Crippen LogP contribution >= 0.6 is 15.9 Å². The molecule has 1 aromatic heterocycles. The Balaban J connectivity index is 2.04. The predicted molar refractivity (Wildman–Crippen MR) is 85.2 cm³/mol. The number of nitrogens with one attached hydrogen (secondary N) is 1. The maximum absolute atomic E-state index is 11.5. The van der Waals surface area contributed by atoms with Crippen LogP contribution in [0.1, 0.15) is 21.5 Å². The predicted octanol–water partition coefficient (Wildman–Crippen LogP) is 2.08. The molecular weight excluding hydrogens is 332 g/mol. The molecule has 1 aromatic carbocycles. The molecule has 110 valence electrons. The molecule has 0 unspecified atom stereocenters. The minimum absolute atomic E-state index is 0.300. The number of rotatable bonds is 5. The van der Waals surface area contributed by atoms with Crippen molar-refractivity contribution in [2.24, 2.45) is 5.84 Å². The number of nitrogens with zero attached hydrogens (tertiary/aromatic N) is 2. The number of amides is 1. The maximum Gasteiger partial charge on any atom is 0.265 e. The van der Waals surface area contributed by atoms with E-state index in [2.05, 4.69) is 31.2 Å². The summed E-state index contributed by atoms with van der Waals surface area (Å²) in [6.07, 6.45) is 3.63. The molecule has 0 aliphatic heterocycles. The fourth-order valence-electron chi connectivity index (χ4n) is 2.05. The van der Waals surface area contributed by atoms with Gasteiger partial charge in [-0.2, -0.15) is 0 Å². The number of halogens is 1. The lowest BCUT2D eigenvalue weighted by molar-refractivity contribution is 0.0953. The third-order valence-electron chi connectivity index (χ3n) is 3.06. The van der Waals surface area contributed by atoms with E-state index in [1.165, 1.54) is 0 Å². The van der Waals surface area contributed by atoms with Gasteiger partial charge < -0.3 is 0 Å². The van der Waals surface area contributed by atoms with Crippen molar-refractivity contribution < 1.29 is 4.79 Å². The van der Waals surface area contributed by atoms with Crippen LogP contribution in [0.15, 0.2) is 47.2 Å². The van der Waals surface area contributed by atoms with Gasteiger partial charge in [-0.1, -0.05) is 28.1 Å². The summed E-state index contributed by atoms with van der Waals surface area (Å²) in [7, 11) is 2.04. The van der Waals surface area contributed by atoms with E-state index in [-0.39, 0.29) is 5.91 Å². The summed E-state index contributed by atoms with van der Waals surface area (Å²) in [5, 5.41) is 0. The van der Waals surface area contributed by atoms with Crippen LogP contribution in [-0.4, -0.2) is 22.8 Å². The number of hydrazine groups is 1. The molecule has 2 rings (SSSR count). The van der Waals surface area contributed by atoms with Crippen LogP contribution in [-0.2, 0) is 13.1 Å². The van der Waals surface area contributed by atoms with Gasteiger partial charge in [0, 0.05) is 35.5 Å². The average Bonchev–Trinajstić information content (AvgIpc) is 2.49. The Morgan fingerprint density at radius 3 is 2.81 bits per heavy atom. The highest BCUT2D eigenvalue weighted by molar-refractivity contribution is 9.10. The molecule has 0 atom stereocenters. The Morgan fingerprint density at radius 1 is 1.38 bits per heavy atom. The van der Waals surface area contributed by atoms with Crippen molar-refractivity contribution in [2.45, 2.75) is 13.1 Å². The van der Waals surface area contributed by atoms with Gasteiger partial charge in [0.15, 0.2) is 0 Å². The second kappa shape index (κ2) is 7.31. The van der Waals surface area contributed by atoms with E-state index in [9.17, 15) is 4.79 Å². The number of nitrogens with two attached hydrogens (primary N) is 1. The van der Waals surface area contributed by atoms with Gasteiger partial charge in [0.05, 0.1) is 0 Å². The van der Waals surface area contributed by atoms with Crippen molar-refractivity contribution in [3.05, 3.63) is 63.9 Å². The van der Waals surface area contributed by atoms with Crippen molar-refractivity contribution >= 4 is 21.8 Å². The highest BCUT2D eigenvalue weighted by atomic mass is 79.9. The lowest BCUT2D eigenvalue weighted by atomic mass is 10.1. The smallest absolute Gasteiger partial charge is 0.265 e. The van der Waals surface area contributed by atoms with E-state index in [0.717, 1.165) is 28.7 Å². The van der Waals surface area contributed by atoms with E-state index >= 15 is 0 Å². The Labute approximate surface area is 132 Å². The molecule has 0 bridgehead atoms. The lowest BCUT2D eigenvalue weighted by Crippen LogP contribution is -2.30. The molecule has 0 aliphatic carbocycles. The number of benzene rings is 1. The van der Waals surface area contributed by atoms with Crippen LogP contribution in [0.4, 0.5) is 0 Å². The number of nitrogen functional groups attached to an aromatic ring is 1. The fourth-order valence-corrected chi connectivity index (χ4v) is 2.55. The topological polar surface area (TPSA) is 71.2 Å². The van der Waals surface area contributed by atoms with E-state index in [1.54, 1.807) is 18.3 Å². The van der Waals surface area contributed by atoms with Crippen LogP contribution in [0, 0.1) is 0 Å². The van der Waals surface area contributed by atoms with Crippen LogP contribution in [0.5, 0.6) is 0 Å². The second-order valence-corrected chi connectivity index (χ2v) is 5.67. The molecule has 0 radical (unpaired) electrons. The van der Waals surface area contributed by atoms with Crippen molar-refractivity contribution in [3.63, 3.8) is 0 Å². The molecule has 0 saturated heterocycles. The van der Waals surface area contributed by atoms with Gasteiger partial charge in [-0.15, -0.1) is 0 Å². The first kappa shape index (κ1) is 15.6. The summed E-state index contributed by atoms with van der Waals surface area (Å²) in [6, 6.07) is 9.44. The van der Waals surface area contributed by atoms with Gasteiger partial charge in [0.25, 0.3) is 5.91 Å². The molecule has 3 N–H and O–H groups in total. The molecule has 0 fully saturated rings. The summed E-state index contributed by atoms with van der Waals surface area (Å²) < 4.78 is 0.890. The molecule has 1 amide bonds. The summed E-state index contributed by atoms with van der Waals surface area (Å²) >= 11 is 3.50. The largest absolute Gasteiger partial charge is 0.298 e. The number of hydrogen-bond donors (Lipinski definition) is 2. The van der Waals surface area contributed by atoms with Crippen molar-refractivity contribution in [1.29, 1.82) is 0 Å². The third-order valence-corrected chi connectivity index (χ3v) is 3.80. The minimum Gasteiger partial charge on any atom is -0.298 e. The average molecular weight is 349 g/mol. The lowest BCUT2D eigenvalue weighted by Gasteiger charge is -2.17. The van der Waals surface area contributed by atoms with Crippen molar-refractivity contribution in [2.75, 3.05) is 7.05 Å². The number of aromatic nitrogens is 1. The highest BCUT2D eigenvalue weighted by Crippen LogP contribution is 2.20. The number of carbonyl (C=O) groups excluding carboxylic acids is 1. The molecule has 5 nitrogen and oxygen atoms in total. The van der Waals surface area contributed by atoms with E-state index < -0.39 is 0 Å². The highest BCUT2D eigenvalue weighted by Gasteiger charge is 2.09. The number of carbonyl (C=O) groups is 1. The van der Waals surface area contributed by atoms with E-state index in [4.69, 9.17) is 5.84 Å². The quantitative estimate of drug-likeness (QED) is 0.493. The SMILES string of the molecule is CN(Cc1cccnc1)Cc1ccc(C(=O)NN)cc1Br. The number of hydrogen-bond acceptors (Lipinski definition) is 4. The Morgan fingerprint density at radius 2 is 2.19 bits per heavy atom. The van der Waals surface area contributed by atoms with Crippen LogP contribution in [0.3, 0.4) is 0 Å². The van der Waals surface area contributed by atoms with Crippen molar-refractivity contribution in [1.82, 2.24) is 15.3 Å². The summed E-state index contributed by atoms with van der Waals surface area (Å²) in [5.41, 5.74) is 4.92. The van der Waals surface area contributed by atoms with Gasteiger partial charge in [0.2, 0.25) is 0 Å². The molecule has 2 aromatic rings. The normalized spacial score (nSPS) is 10.7. The molecular formula is C15H17BrN4O. The third kappa shape index (κ3) is 4.35. The second-order valence-electron chi connectivity index (χ2n) is 4.81. The number of pyridine rings is 1. The van der Waals surface area contributed by atoms with Gasteiger partial charge in [-0.3, -0.25) is 20.1 Å². The molecule has 0 aliphatic rings. The molecule has 0 spiro atoms. The zero-order chi connectivity index (χ0) is 15.2. The Hall–Kier alpha value is -1.76. The monoisotopic (exact) mass is 348 g/mol. The Bertz CT molecular complexity index is 618. The molecule has 6 heteroatoms. The van der Waals surface area contributed by atoms with Gasteiger partial charge in [-0.05, 0) is 36.4 Å². The first-order chi connectivity index (χ1) is 10.1. The van der Waals surface area contributed by atoms with Crippen LogP contribution in [0.25, 0.3) is 0 Å². The Kier molecular flexibility index (Phi) is 5.44. The first-order valence-corrected chi connectivity index (χ1v) is 7.26. The first-order valence-electron chi connectivity index (χ1n) is 6.47. The molecule has 21 heavy (non-hydrogen) atoms. The standard InChI is InChI=1S/C15H17BrN4O/c1-20(9-11-3-2-6-18-8-11)10-13-5-4-12(7-14(13)16)15(21)19-17/h2-8H,9-10,17H2,1H3,(H,19,21). The van der Waals surface area contributed by atoms with Gasteiger partial charge >= 0.3 is 0 Å². The zero-order valence-electron chi connectivity index (χ0n) is 11.7. The van der Waals surface area contributed by atoms with Gasteiger partial charge in [-0.25, -0.2) is 5.84 Å². The van der Waals surface area contributed by atoms with Crippen LogP contribution in [0.2, 0.25) is 0 Å². The maximum atomic E-state index is 11.5. The fraction of sp³-hybridized carbons (Fsp3) is 0.200.